The van der Waals surface area contributed by atoms with Crippen LogP contribution in [0.1, 0.15) is 47.1 Å². The van der Waals surface area contributed by atoms with Gasteiger partial charge in [0.25, 0.3) is 5.91 Å². The number of nitrogens with one attached hydrogen (secondary N) is 1. The number of benzene rings is 2. The number of carbonyl (C=O) groups is 1. The number of H-pyrrole nitrogens is 1. The first-order valence-electron chi connectivity index (χ1n) is 9.28. The summed E-state index contributed by atoms with van der Waals surface area (Å²) >= 11 is 0. The zero-order chi connectivity index (χ0) is 19.7. The highest BCUT2D eigenvalue weighted by Gasteiger charge is 2.24. The summed E-state index contributed by atoms with van der Waals surface area (Å²) in [7, 11) is 0. The summed E-state index contributed by atoms with van der Waals surface area (Å²) in [6.45, 7) is 12.0. The van der Waals surface area contributed by atoms with Gasteiger partial charge in [0.05, 0.1) is 16.5 Å². The van der Waals surface area contributed by atoms with Gasteiger partial charge < -0.3 is 10.1 Å². The Kier molecular flexibility index (Phi) is 8.29. The van der Waals surface area contributed by atoms with Crippen LogP contribution in [0.4, 0.5) is 0 Å². The van der Waals surface area contributed by atoms with E-state index in [0.717, 1.165) is 16.1 Å². The van der Waals surface area contributed by atoms with E-state index in [1.54, 1.807) is 6.07 Å². The minimum atomic E-state index is -0.314. The second-order valence-electron chi connectivity index (χ2n) is 4.70. The van der Waals surface area contributed by atoms with Gasteiger partial charge in [0.1, 0.15) is 0 Å². The number of para-hydroxylation sites is 2. The Bertz CT molecular complexity index is 985. The van der Waals surface area contributed by atoms with E-state index < -0.39 is 0 Å². The van der Waals surface area contributed by atoms with Crippen molar-refractivity contribution < 1.29 is 9.90 Å². The molecule has 2 heterocycles. The first-order valence-corrected chi connectivity index (χ1v) is 9.28. The van der Waals surface area contributed by atoms with Gasteiger partial charge in [0.2, 0.25) is 0 Å². The second-order valence-corrected chi connectivity index (χ2v) is 4.70. The van der Waals surface area contributed by atoms with Gasteiger partial charge >= 0.3 is 0 Å². The van der Waals surface area contributed by atoms with Gasteiger partial charge in [0, 0.05) is 16.1 Å². The fourth-order valence-electron chi connectivity index (χ4n) is 2.69. The van der Waals surface area contributed by atoms with Crippen molar-refractivity contribution in [2.24, 2.45) is 4.99 Å². The molecule has 2 N–H and O–H groups in total. The van der Waals surface area contributed by atoms with Gasteiger partial charge in [-0.1, -0.05) is 77.9 Å². The minimum absolute atomic E-state index is 0.00135. The summed E-state index contributed by atoms with van der Waals surface area (Å²) in [5.41, 5.74) is 1.78. The van der Waals surface area contributed by atoms with Gasteiger partial charge in [-0.25, -0.2) is 4.99 Å². The molecule has 0 atom stereocenters. The van der Waals surface area contributed by atoms with Crippen LogP contribution in [0.15, 0.2) is 53.5 Å². The van der Waals surface area contributed by atoms with Crippen molar-refractivity contribution in [2.75, 3.05) is 0 Å². The second kappa shape index (κ2) is 10.2. The molecule has 26 heavy (non-hydrogen) atoms. The first-order chi connectivity index (χ1) is 12.8. The van der Waals surface area contributed by atoms with Gasteiger partial charge in [-0.05, 0) is 12.1 Å². The lowest BCUT2D eigenvalue weighted by atomic mass is 10.0. The lowest BCUT2D eigenvalue weighted by molar-refractivity contribution is -0.112. The standard InChI is InChI=1S/C16H10N2O2.3C2H6/c19-15-13(9-5-1-3-7-11(9)17-15)14-10-6-2-4-8-12(10)18-16(14)20;3*1-2/h1-8,17,19H;3*1-2H3. The molecule has 1 aliphatic rings. The molecule has 0 saturated carbocycles. The molecule has 4 heteroatoms. The number of carbonyl (C=O) groups excluding carboxylic acids is 1. The van der Waals surface area contributed by atoms with E-state index >= 15 is 0 Å². The molecule has 0 bridgehead atoms. The molecule has 3 aromatic rings. The topological polar surface area (TPSA) is 65.4 Å². The summed E-state index contributed by atoms with van der Waals surface area (Å²) in [6.07, 6.45) is 0. The Morgan fingerprint density at radius 2 is 1.42 bits per heavy atom. The molecule has 0 unspecified atom stereocenters. The normalized spacial score (nSPS) is 11.2. The maximum Gasteiger partial charge on any atom is 0.279 e. The lowest BCUT2D eigenvalue weighted by Gasteiger charge is -1.99. The Morgan fingerprint density at radius 1 is 0.846 bits per heavy atom. The molecule has 2 aromatic carbocycles. The predicted octanol–water partition coefficient (Wildman–Crippen LogP) is 4.31. The molecule has 0 fully saturated rings. The molecule has 4 nitrogen and oxygen atoms in total. The number of nitrogens with zero attached hydrogens (tertiary/aromatic N) is 1. The van der Waals surface area contributed by atoms with Crippen molar-refractivity contribution in [3.63, 3.8) is 0 Å². The van der Waals surface area contributed by atoms with Crippen LogP contribution in [0.25, 0.3) is 16.5 Å². The summed E-state index contributed by atoms with van der Waals surface area (Å²) in [4.78, 5) is 19.1. The van der Waals surface area contributed by atoms with Crippen LogP contribution < -0.4 is 10.6 Å². The van der Waals surface area contributed by atoms with Gasteiger partial charge in [-0.15, -0.1) is 0 Å². The highest BCUT2D eigenvalue weighted by atomic mass is 16.3. The number of aromatic amines is 1. The van der Waals surface area contributed by atoms with Gasteiger partial charge in [-0.3, -0.25) is 4.79 Å². The summed E-state index contributed by atoms with van der Waals surface area (Å²) in [5, 5.41) is 12.4. The third-order valence-corrected chi connectivity index (χ3v) is 3.55. The maximum absolute atomic E-state index is 12.2. The quantitative estimate of drug-likeness (QED) is 0.685. The summed E-state index contributed by atoms with van der Waals surface area (Å²) < 4.78 is 0. The summed E-state index contributed by atoms with van der Waals surface area (Å²) in [5.74, 6) is -0.312. The molecule has 4 rings (SSSR count). The monoisotopic (exact) mass is 352 g/mol. The Balaban J connectivity index is 0.000000515. The molecule has 0 saturated heterocycles. The first kappa shape index (κ1) is 21.2. The highest BCUT2D eigenvalue weighted by Crippen LogP contribution is 2.32. The van der Waals surface area contributed by atoms with Gasteiger partial charge in [-0.2, -0.15) is 0 Å². The van der Waals surface area contributed by atoms with Crippen LogP contribution in [0.2, 0.25) is 0 Å². The molecule has 138 valence electrons. The zero-order valence-corrected chi connectivity index (χ0v) is 16.4. The van der Waals surface area contributed by atoms with Crippen molar-refractivity contribution in [3.8, 4) is 5.88 Å². The SMILES string of the molecule is CC.CC.CC.O=C1N=c2ccccc2=C1c1c(O)[nH]c2ccccc12. The molecule has 1 aromatic heterocycles. The average molecular weight is 352 g/mol. The zero-order valence-electron chi connectivity index (χ0n) is 16.4. The molecular weight excluding hydrogens is 324 g/mol. The number of rotatable bonds is 1. The highest BCUT2D eigenvalue weighted by molar-refractivity contribution is 6.24. The Morgan fingerprint density at radius 3 is 2.12 bits per heavy atom. The summed E-state index contributed by atoms with van der Waals surface area (Å²) in [6, 6.07) is 14.8. The minimum Gasteiger partial charge on any atom is -0.494 e. The van der Waals surface area contributed by atoms with Crippen LogP contribution in [-0.2, 0) is 4.79 Å². The predicted molar refractivity (Wildman–Crippen MR) is 109 cm³/mol. The smallest absolute Gasteiger partial charge is 0.279 e. The number of amides is 1. The van der Waals surface area contributed by atoms with E-state index in [1.807, 2.05) is 84.0 Å². The third kappa shape index (κ3) is 3.85. The van der Waals surface area contributed by atoms with Crippen LogP contribution in [0, 0.1) is 0 Å². The number of aromatic nitrogens is 1. The van der Waals surface area contributed by atoms with Crippen LogP contribution in [0.5, 0.6) is 5.88 Å². The maximum atomic E-state index is 12.2. The largest absolute Gasteiger partial charge is 0.494 e. The van der Waals surface area contributed by atoms with Crippen molar-refractivity contribution in [3.05, 3.63) is 64.7 Å². The fourth-order valence-corrected chi connectivity index (χ4v) is 2.69. The molecule has 1 aliphatic heterocycles. The fraction of sp³-hybridized carbons (Fsp3) is 0.273. The van der Waals surface area contributed by atoms with Crippen molar-refractivity contribution in [2.45, 2.75) is 41.5 Å². The van der Waals surface area contributed by atoms with Crippen LogP contribution in [-0.4, -0.2) is 16.0 Å². The van der Waals surface area contributed by atoms with E-state index in [0.29, 0.717) is 16.5 Å². The van der Waals surface area contributed by atoms with Crippen molar-refractivity contribution >= 4 is 22.4 Å². The van der Waals surface area contributed by atoms with E-state index in [9.17, 15) is 9.90 Å². The van der Waals surface area contributed by atoms with Crippen LogP contribution in [0.3, 0.4) is 0 Å². The van der Waals surface area contributed by atoms with Crippen molar-refractivity contribution in [1.82, 2.24) is 4.98 Å². The Labute approximate surface area is 154 Å². The molecule has 0 aliphatic carbocycles. The molecular formula is C22H28N2O2. The van der Waals surface area contributed by atoms with Crippen molar-refractivity contribution in [1.29, 1.82) is 0 Å². The number of hydrogen-bond acceptors (Lipinski definition) is 2. The number of aromatic hydroxyl groups is 1. The number of fused-ring (bicyclic) bond motifs is 2. The third-order valence-electron chi connectivity index (χ3n) is 3.55. The van der Waals surface area contributed by atoms with E-state index in [4.69, 9.17) is 0 Å². The average Bonchev–Trinajstić information content (AvgIpc) is 3.21. The molecule has 0 radical (unpaired) electrons. The van der Waals surface area contributed by atoms with Gasteiger partial charge in [0.15, 0.2) is 5.88 Å². The van der Waals surface area contributed by atoms with E-state index in [1.165, 1.54) is 0 Å². The lowest BCUT2D eigenvalue weighted by Crippen LogP contribution is -2.22. The molecule has 1 amide bonds. The number of hydrogen-bond donors (Lipinski definition) is 2. The Hall–Kier alpha value is -2.88. The van der Waals surface area contributed by atoms with E-state index in [-0.39, 0.29) is 11.8 Å². The molecule has 0 spiro atoms. The van der Waals surface area contributed by atoms with E-state index in [2.05, 4.69) is 9.98 Å². The van der Waals surface area contributed by atoms with Crippen LogP contribution >= 0.6 is 0 Å².